The molecule has 1 heterocycles. The Hall–Kier alpha value is -5.72. The van der Waals surface area contributed by atoms with Gasteiger partial charge < -0.3 is 54.1 Å². The molecule has 0 aliphatic carbocycles. The van der Waals surface area contributed by atoms with E-state index in [1.165, 1.54) is 33.8 Å². The lowest BCUT2D eigenvalue weighted by Gasteiger charge is -2.25. The first-order valence-corrected chi connectivity index (χ1v) is 18.0. The van der Waals surface area contributed by atoms with Gasteiger partial charge in [-0.05, 0) is 42.3 Å². The van der Waals surface area contributed by atoms with Gasteiger partial charge in [0, 0.05) is 85.2 Å². The normalized spacial score (nSPS) is 11.6. The van der Waals surface area contributed by atoms with Crippen LogP contribution >= 0.6 is 0 Å². The number of aliphatic hydroxyl groups excluding tert-OH is 1. The lowest BCUT2D eigenvalue weighted by Crippen LogP contribution is -2.42. The average molecular weight is 787 g/mol. The van der Waals surface area contributed by atoms with Crippen LogP contribution in [0.5, 0.6) is 5.75 Å². The molecule has 18 heteroatoms. The Labute approximate surface area is 327 Å². The number of rotatable bonds is 21. The summed E-state index contributed by atoms with van der Waals surface area (Å²) in [6, 6.07) is 14.0. The average Bonchev–Trinajstić information content (AvgIpc) is 3.51. The van der Waals surface area contributed by atoms with Crippen molar-refractivity contribution in [3.05, 3.63) is 71.8 Å². The summed E-state index contributed by atoms with van der Waals surface area (Å²) in [7, 11) is 4.96. The molecule has 0 fully saturated rings. The van der Waals surface area contributed by atoms with Gasteiger partial charge in [-0.15, -0.1) is 0 Å². The van der Waals surface area contributed by atoms with Crippen LogP contribution in [0.15, 0.2) is 60.7 Å². The summed E-state index contributed by atoms with van der Waals surface area (Å²) in [5.74, 6) is -0.406. The monoisotopic (exact) mass is 786 g/mol. The van der Waals surface area contributed by atoms with Crippen LogP contribution < -0.4 is 15.4 Å². The number of anilines is 1. The molecule has 0 unspecified atom stereocenters. The van der Waals surface area contributed by atoms with E-state index in [0.717, 1.165) is 16.2 Å². The van der Waals surface area contributed by atoms with E-state index in [0.29, 0.717) is 38.4 Å². The third-order valence-electron chi connectivity index (χ3n) is 7.81. The zero-order valence-electron chi connectivity index (χ0n) is 32.7. The number of nitrogens with one attached hydrogen (secondary N) is 2. The summed E-state index contributed by atoms with van der Waals surface area (Å²) in [4.78, 5) is 75.7. The second kappa shape index (κ2) is 26.1. The molecule has 0 spiro atoms. The third-order valence-corrected chi connectivity index (χ3v) is 7.81. The Bertz CT molecular complexity index is 1550. The highest BCUT2D eigenvalue weighted by molar-refractivity contribution is 6.12. The highest BCUT2D eigenvalue weighted by Crippen LogP contribution is 2.15. The first-order valence-electron chi connectivity index (χ1n) is 18.0. The Kier molecular flexibility index (Phi) is 21.7. The smallest absolute Gasteiger partial charge is 0.415 e. The standard InChI is InChI=1S/C30H43N5O9.C8H11NO3/c1-23(37)32-13-14-33(3)28(38)42-22-25-7-11-27(12-8-25)44-30(40)35(17-19-41-20-18-36)16-15-34(4)29(39)43-21-24-5-9-26(31-2)10-6-24;1-2-12-6-5-9-7(10)3-4-8(9)11/h5-12,31,36H,13-22H2,1-4H3,(H,32,37);3-4H,2,5-6H2,1H3. The third kappa shape index (κ3) is 18.1. The molecule has 3 rings (SSSR count). The molecule has 6 amide bonds. The summed E-state index contributed by atoms with van der Waals surface area (Å²) in [5, 5.41) is 14.6. The van der Waals surface area contributed by atoms with Crippen LogP contribution in [-0.4, -0.2) is 154 Å². The quantitative estimate of drug-likeness (QED) is 0.123. The van der Waals surface area contributed by atoms with Crippen molar-refractivity contribution in [3.8, 4) is 5.75 Å². The van der Waals surface area contributed by atoms with E-state index < -0.39 is 18.3 Å². The van der Waals surface area contributed by atoms with Gasteiger partial charge in [0.2, 0.25) is 5.91 Å². The Balaban J connectivity index is 0.000000764. The molecule has 0 aromatic heterocycles. The number of benzene rings is 2. The zero-order valence-corrected chi connectivity index (χ0v) is 32.7. The van der Waals surface area contributed by atoms with E-state index >= 15 is 0 Å². The molecule has 1 aliphatic heterocycles. The SMILES string of the molecule is CCOCCN1C(=O)C=CC1=O.CNc1ccc(COC(=O)N(C)CCN(CCOCCO)C(=O)Oc2ccc(COC(=O)N(C)CCNC(C)=O)cc2)cc1. The molecular weight excluding hydrogens is 732 g/mol. The van der Waals surface area contributed by atoms with Crippen molar-refractivity contribution < 1.29 is 57.6 Å². The van der Waals surface area contributed by atoms with E-state index in [9.17, 15) is 28.8 Å². The molecule has 3 N–H and O–H groups in total. The van der Waals surface area contributed by atoms with Crippen LogP contribution in [0, 0.1) is 0 Å². The van der Waals surface area contributed by atoms with Crippen molar-refractivity contribution >= 4 is 41.7 Å². The van der Waals surface area contributed by atoms with Gasteiger partial charge >= 0.3 is 18.3 Å². The molecule has 56 heavy (non-hydrogen) atoms. The second-order valence-electron chi connectivity index (χ2n) is 12.1. The topological polar surface area (TPSA) is 206 Å². The first-order chi connectivity index (χ1) is 26.9. The maximum absolute atomic E-state index is 13.0. The fourth-order valence-electron chi connectivity index (χ4n) is 4.54. The maximum atomic E-state index is 13.0. The van der Waals surface area contributed by atoms with Gasteiger partial charge in [0.1, 0.15) is 19.0 Å². The van der Waals surface area contributed by atoms with Crippen molar-refractivity contribution in [3.63, 3.8) is 0 Å². The van der Waals surface area contributed by atoms with Crippen molar-refractivity contribution in [2.24, 2.45) is 0 Å². The van der Waals surface area contributed by atoms with E-state index in [1.54, 1.807) is 38.4 Å². The summed E-state index contributed by atoms with van der Waals surface area (Å²) in [6.07, 6.45) is 0.816. The number of nitrogens with zero attached hydrogens (tertiary/aromatic N) is 4. The molecule has 2 aromatic carbocycles. The Morgan fingerprint density at radius 1 is 0.732 bits per heavy atom. The van der Waals surface area contributed by atoms with Crippen LogP contribution in [0.2, 0.25) is 0 Å². The summed E-state index contributed by atoms with van der Waals surface area (Å²) < 4.78 is 26.5. The van der Waals surface area contributed by atoms with E-state index in [2.05, 4.69) is 10.6 Å². The fraction of sp³-hybridized carbons (Fsp3) is 0.474. The lowest BCUT2D eigenvalue weighted by atomic mass is 10.2. The van der Waals surface area contributed by atoms with E-state index in [-0.39, 0.29) is 76.1 Å². The first kappa shape index (κ1) is 46.4. The highest BCUT2D eigenvalue weighted by Gasteiger charge is 2.22. The van der Waals surface area contributed by atoms with Gasteiger partial charge in [-0.25, -0.2) is 14.4 Å². The Morgan fingerprint density at radius 3 is 1.84 bits per heavy atom. The van der Waals surface area contributed by atoms with Gasteiger partial charge in [-0.3, -0.25) is 19.3 Å². The number of carbonyl (C=O) groups excluding carboxylic acids is 6. The lowest BCUT2D eigenvalue weighted by molar-refractivity contribution is -0.137. The number of hydrogen-bond acceptors (Lipinski definition) is 13. The van der Waals surface area contributed by atoms with Crippen molar-refractivity contribution in [2.45, 2.75) is 27.1 Å². The van der Waals surface area contributed by atoms with Crippen LogP contribution in [0.3, 0.4) is 0 Å². The number of hydrogen-bond donors (Lipinski definition) is 3. The molecule has 0 saturated heterocycles. The molecule has 0 radical (unpaired) electrons. The predicted molar refractivity (Wildman–Crippen MR) is 205 cm³/mol. The van der Waals surface area contributed by atoms with Gasteiger partial charge in [-0.2, -0.15) is 0 Å². The molecule has 0 bridgehead atoms. The zero-order chi connectivity index (χ0) is 41.3. The Morgan fingerprint density at radius 2 is 1.30 bits per heavy atom. The molecule has 308 valence electrons. The highest BCUT2D eigenvalue weighted by atomic mass is 16.6. The molecule has 2 aromatic rings. The number of aliphatic hydroxyl groups is 1. The number of carbonyl (C=O) groups is 6. The van der Waals surface area contributed by atoms with Gasteiger partial charge in [0.15, 0.2) is 0 Å². The molecule has 18 nitrogen and oxygen atoms in total. The summed E-state index contributed by atoms with van der Waals surface area (Å²) in [5.41, 5.74) is 2.47. The van der Waals surface area contributed by atoms with Crippen molar-refractivity contribution in [1.82, 2.24) is 24.9 Å². The van der Waals surface area contributed by atoms with E-state index in [1.807, 2.05) is 38.2 Å². The molecule has 1 aliphatic rings. The summed E-state index contributed by atoms with van der Waals surface area (Å²) in [6.45, 7) is 6.00. The fourth-order valence-corrected chi connectivity index (χ4v) is 4.54. The summed E-state index contributed by atoms with van der Waals surface area (Å²) >= 11 is 0. The minimum absolute atomic E-state index is 0.00947. The van der Waals surface area contributed by atoms with E-state index in [4.69, 9.17) is 28.8 Å². The van der Waals surface area contributed by atoms with Crippen LogP contribution in [-0.2, 0) is 46.5 Å². The number of amides is 6. The minimum atomic E-state index is -0.649. The molecule has 0 saturated carbocycles. The predicted octanol–water partition coefficient (Wildman–Crippen LogP) is 2.46. The maximum Gasteiger partial charge on any atom is 0.415 e. The largest absolute Gasteiger partial charge is 0.445 e. The van der Waals surface area contributed by atoms with Crippen molar-refractivity contribution in [1.29, 1.82) is 0 Å². The van der Waals surface area contributed by atoms with Gasteiger partial charge in [0.25, 0.3) is 11.8 Å². The van der Waals surface area contributed by atoms with Crippen LogP contribution in [0.4, 0.5) is 20.1 Å². The van der Waals surface area contributed by atoms with Crippen molar-refractivity contribution in [2.75, 3.05) is 98.8 Å². The molecule has 0 atom stereocenters. The number of ether oxygens (including phenoxy) is 5. The van der Waals surface area contributed by atoms with Crippen LogP contribution in [0.1, 0.15) is 25.0 Å². The second-order valence-corrected chi connectivity index (χ2v) is 12.1. The van der Waals surface area contributed by atoms with Crippen LogP contribution in [0.25, 0.3) is 0 Å². The molecular formula is C38H54N6O12. The van der Waals surface area contributed by atoms with Gasteiger partial charge in [-0.1, -0.05) is 24.3 Å². The number of imide groups is 1. The number of likely N-dealkylation sites (N-methyl/N-ethyl adjacent to an activating group) is 2. The van der Waals surface area contributed by atoms with Gasteiger partial charge in [0.05, 0.1) is 33.0 Å². The minimum Gasteiger partial charge on any atom is -0.445 e.